The van der Waals surface area contributed by atoms with Crippen molar-refractivity contribution in [2.45, 2.75) is 26.9 Å². The molecule has 0 aliphatic rings. The van der Waals surface area contributed by atoms with Crippen molar-refractivity contribution in [1.29, 1.82) is 0 Å². The number of rotatable bonds is 6. The van der Waals surface area contributed by atoms with E-state index in [-0.39, 0.29) is 0 Å². The second kappa shape index (κ2) is 8.10. The maximum Gasteiger partial charge on any atom is 0.243 e. The zero-order chi connectivity index (χ0) is 20.4. The lowest BCUT2D eigenvalue weighted by atomic mass is 9.97. The molecule has 0 atom stereocenters. The van der Waals surface area contributed by atoms with Crippen LogP contribution in [0.5, 0.6) is 5.75 Å². The lowest BCUT2D eigenvalue weighted by Gasteiger charge is -2.12. The summed E-state index contributed by atoms with van der Waals surface area (Å²) in [5.74, 6) is 1.27. The molecule has 0 unspecified atom stereocenters. The van der Waals surface area contributed by atoms with Gasteiger partial charge in [0.15, 0.2) is 0 Å². The number of fused-ring (bicyclic) bond motifs is 1. The SMILES string of the molecule is COc1ccc2sc(CNc3nncc(-c4c(C)cc(CN)cc4C)n3)nc2c1. The van der Waals surface area contributed by atoms with Crippen LogP contribution in [0, 0.1) is 13.8 Å². The van der Waals surface area contributed by atoms with Crippen LogP contribution in [-0.4, -0.2) is 27.3 Å². The van der Waals surface area contributed by atoms with E-state index in [9.17, 15) is 0 Å². The Kier molecular flexibility index (Phi) is 5.37. The zero-order valence-corrected chi connectivity index (χ0v) is 17.4. The van der Waals surface area contributed by atoms with Gasteiger partial charge in [-0.2, -0.15) is 5.10 Å². The molecule has 4 rings (SSSR count). The van der Waals surface area contributed by atoms with Crippen LogP contribution in [0.4, 0.5) is 5.95 Å². The number of nitrogens with zero attached hydrogens (tertiary/aromatic N) is 4. The van der Waals surface area contributed by atoms with E-state index in [1.165, 1.54) is 0 Å². The van der Waals surface area contributed by atoms with Crippen molar-refractivity contribution in [3.8, 4) is 17.0 Å². The highest BCUT2D eigenvalue weighted by Gasteiger charge is 2.11. The number of methoxy groups -OCH3 is 1. The Morgan fingerprint density at radius 1 is 1.10 bits per heavy atom. The molecule has 29 heavy (non-hydrogen) atoms. The molecular weight excluding hydrogens is 384 g/mol. The van der Waals surface area contributed by atoms with Crippen LogP contribution in [-0.2, 0) is 13.1 Å². The lowest BCUT2D eigenvalue weighted by molar-refractivity contribution is 0.415. The molecule has 4 aromatic rings. The molecule has 148 valence electrons. The van der Waals surface area contributed by atoms with Gasteiger partial charge < -0.3 is 15.8 Å². The van der Waals surface area contributed by atoms with E-state index >= 15 is 0 Å². The Hall–Kier alpha value is -3.10. The van der Waals surface area contributed by atoms with Crippen LogP contribution in [0.3, 0.4) is 0 Å². The molecule has 0 aliphatic carbocycles. The molecular formula is C21H22N6OS. The van der Waals surface area contributed by atoms with Crippen molar-refractivity contribution >= 4 is 27.5 Å². The summed E-state index contributed by atoms with van der Waals surface area (Å²) < 4.78 is 6.38. The number of anilines is 1. The Balaban J connectivity index is 1.56. The van der Waals surface area contributed by atoms with Crippen molar-refractivity contribution < 1.29 is 4.74 Å². The molecule has 2 aromatic heterocycles. The van der Waals surface area contributed by atoms with E-state index in [2.05, 4.69) is 51.5 Å². The molecule has 2 aromatic carbocycles. The number of aryl methyl sites for hydroxylation is 2. The van der Waals surface area contributed by atoms with Crippen molar-refractivity contribution in [2.75, 3.05) is 12.4 Å². The van der Waals surface area contributed by atoms with Crippen LogP contribution in [0.15, 0.2) is 36.5 Å². The average Bonchev–Trinajstić information content (AvgIpc) is 3.14. The standard InChI is InChI=1S/C21H22N6OS/c1-12-6-14(9-22)7-13(2)20(12)17-10-24-27-21(26-17)23-11-19-25-16-8-15(28-3)4-5-18(16)29-19/h4-8,10H,9,11,22H2,1-3H3,(H,23,26,27). The van der Waals surface area contributed by atoms with E-state index in [1.54, 1.807) is 24.6 Å². The molecule has 0 radical (unpaired) electrons. The normalized spacial score (nSPS) is 11.0. The molecule has 0 saturated heterocycles. The third-order valence-electron chi connectivity index (χ3n) is 4.68. The monoisotopic (exact) mass is 406 g/mol. The van der Waals surface area contributed by atoms with Crippen LogP contribution in [0.1, 0.15) is 21.7 Å². The summed E-state index contributed by atoms with van der Waals surface area (Å²) in [5.41, 5.74) is 11.9. The highest BCUT2D eigenvalue weighted by molar-refractivity contribution is 7.18. The van der Waals surface area contributed by atoms with Gasteiger partial charge >= 0.3 is 0 Å². The van der Waals surface area contributed by atoms with Gasteiger partial charge in [0.05, 0.1) is 35.8 Å². The molecule has 0 amide bonds. The number of hydrogen-bond acceptors (Lipinski definition) is 8. The number of hydrogen-bond donors (Lipinski definition) is 2. The molecule has 0 fully saturated rings. The minimum absolute atomic E-state index is 0.473. The molecule has 0 aliphatic heterocycles. The van der Waals surface area contributed by atoms with E-state index in [0.717, 1.165) is 48.9 Å². The summed E-state index contributed by atoms with van der Waals surface area (Å²) in [7, 11) is 1.65. The largest absolute Gasteiger partial charge is 0.497 e. The van der Waals surface area contributed by atoms with Crippen molar-refractivity contribution in [2.24, 2.45) is 5.73 Å². The quantitative estimate of drug-likeness (QED) is 0.502. The molecule has 7 nitrogen and oxygen atoms in total. The van der Waals surface area contributed by atoms with E-state index in [0.29, 0.717) is 19.0 Å². The molecule has 0 saturated carbocycles. The second-order valence-electron chi connectivity index (χ2n) is 6.77. The predicted molar refractivity (Wildman–Crippen MR) is 116 cm³/mol. The van der Waals surface area contributed by atoms with Gasteiger partial charge in [-0.1, -0.05) is 12.1 Å². The number of ether oxygens (including phenoxy) is 1. The Labute approximate surface area is 173 Å². The van der Waals surface area contributed by atoms with Crippen LogP contribution in [0.2, 0.25) is 0 Å². The first-order chi connectivity index (χ1) is 14.1. The number of benzene rings is 2. The summed E-state index contributed by atoms with van der Waals surface area (Å²) >= 11 is 1.63. The Morgan fingerprint density at radius 3 is 2.62 bits per heavy atom. The molecule has 0 spiro atoms. The highest BCUT2D eigenvalue weighted by atomic mass is 32.1. The maximum absolute atomic E-state index is 5.78. The molecule has 0 bridgehead atoms. The van der Waals surface area contributed by atoms with Gasteiger partial charge in [-0.05, 0) is 42.7 Å². The van der Waals surface area contributed by atoms with E-state index in [1.807, 2.05) is 18.2 Å². The van der Waals surface area contributed by atoms with Crippen LogP contribution < -0.4 is 15.8 Å². The summed E-state index contributed by atoms with van der Waals surface area (Å²) in [6.45, 7) is 5.17. The number of nitrogens with two attached hydrogens (primary N) is 1. The van der Waals surface area contributed by atoms with Crippen molar-refractivity contribution in [3.63, 3.8) is 0 Å². The predicted octanol–water partition coefficient (Wildman–Crippen LogP) is 3.84. The van der Waals surface area contributed by atoms with Gasteiger partial charge in [0.2, 0.25) is 5.95 Å². The zero-order valence-electron chi connectivity index (χ0n) is 16.6. The highest BCUT2D eigenvalue weighted by Crippen LogP contribution is 2.28. The molecule has 3 N–H and O–H groups in total. The van der Waals surface area contributed by atoms with Gasteiger partial charge in [-0.3, -0.25) is 0 Å². The van der Waals surface area contributed by atoms with Crippen molar-refractivity contribution in [3.05, 3.63) is 58.2 Å². The fourth-order valence-electron chi connectivity index (χ4n) is 3.39. The first kappa shape index (κ1) is 19.2. The van der Waals surface area contributed by atoms with E-state index in [4.69, 9.17) is 10.5 Å². The third kappa shape index (κ3) is 4.03. The fraction of sp³-hybridized carbons (Fsp3) is 0.238. The molecule has 2 heterocycles. The van der Waals surface area contributed by atoms with Gasteiger partial charge in [-0.25, -0.2) is 9.97 Å². The lowest BCUT2D eigenvalue weighted by Crippen LogP contribution is -2.06. The summed E-state index contributed by atoms with van der Waals surface area (Å²) in [6.07, 6.45) is 1.69. The first-order valence-corrected chi connectivity index (χ1v) is 10.1. The fourth-order valence-corrected chi connectivity index (χ4v) is 4.27. The smallest absolute Gasteiger partial charge is 0.243 e. The number of aromatic nitrogens is 4. The first-order valence-electron chi connectivity index (χ1n) is 9.25. The Morgan fingerprint density at radius 2 is 1.90 bits per heavy atom. The van der Waals surface area contributed by atoms with Gasteiger partial charge in [0.25, 0.3) is 0 Å². The summed E-state index contributed by atoms with van der Waals surface area (Å²) in [5, 5.41) is 12.4. The van der Waals surface area contributed by atoms with Crippen molar-refractivity contribution in [1.82, 2.24) is 20.2 Å². The minimum atomic E-state index is 0.473. The van der Waals surface area contributed by atoms with E-state index < -0.39 is 0 Å². The number of nitrogens with one attached hydrogen (secondary N) is 1. The van der Waals surface area contributed by atoms with Gasteiger partial charge in [0.1, 0.15) is 10.8 Å². The minimum Gasteiger partial charge on any atom is -0.497 e. The number of thiazole rings is 1. The summed E-state index contributed by atoms with van der Waals surface area (Å²) in [4.78, 5) is 9.31. The average molecular weight is 407 g/mol. The summed E-state index contributed by atoms with van der Waals surface area (Å²) in [6, 6.07) is 10.1. The molecule has 8 heteroatoms. The topological polar surface area (TPSA) is 98.8 Å². The van der Waals surface area contributed by atoms with Crippen LogP contribution >= 0.6 is 11.3 Å². The second-order valence-corrected chi connectivity index (χ2v) is 7.88. The van der Waals surface area contributed by atoms with Gasteiger partial charge in [-0.15, -0.1) is 16.4 Å². The maximum atomic E-state index is 5.78. The van der Waals surface area contributed by atoms with Crippen LogP contribution in [0.25, 0.3) is 21.5 Å². The Bertz CT molecular complexity index is 1150. The third-order valence-corrected chi connectivity index (χ3v) is 5.72. The van der Waals surface area contributed by atoms with Gasteiger partial charge in [0, 0.05) is 18.2 Å².